The zero-order valence-corrected chi connectivity index (χ0v) is 15.0. The van der Waals surface area contributed by atoms with Crippen LogP contribution in [0, 0.1) is 0 Å². The molecule has 1 aliphatic heterocycles. The van der Waals surface area contributed by atoms with Gasteiger partial charge in [-0.05, 0) is 23.8 Å². The number of halogens is 2. The summed E-state index contributed by atoms with van der Waals surface area (Å²) in [5.41, 5.74) is 0.905. The zero-order chi connectivity index (χ0) is 17.6. The van der Waals surface area contributed by atoms with Crippen LogP contribution in [-0.2, 0) is 6.54 Å². The molecule has 25 heavy (non-hydrogen) atoms. The number of nitrogens with zero attached hydrogens (tertiary/aromatic N) is 3. The molecule has 0 spiro atoms. The molecular formula is C17H18Cl2N4O2. The third-order valence-corrected chi connectivity index (χ3v) is 4.71. The smallest absolute Gasteiger partial charge is 0.317 e. The SMILES string of the molecule is O=C(NCc1ccc(Cl)c(Cl)c1)N1CCC(Oc2ncccn2)CC1. The van der Waals surface area contributed by atoms with Crippen molar-refractivity contribution in [1.29, 1.82) is 0 Å². The fourth-order valence-electron chi connectivity index (χ4n) is 2.61. The number of carbonyl (C=O) groups is 1. The van der Waals surface area contributed by atoms with Gasteiger partial charge in [-0.1, -0.05) is 29.3 Å². The van der Waals surface area contributed by atoms with Gasteiger partial charge in [-0.2, -0.15) is 0 Å². The molecule has 3 rings (SSSR count). The van der Waals surface area contributed by atoms with Crippen molar-refractivity contribution >= 4 is 29.2 Å². The molecule has 1 aromatic heterocycles. The van der Waals surface area contributed by atoms with Crippen LogP contribution in [0.2, 0.25) is 10.0 Å². The molecule has 1 aliphatic rings. The second-order valence-corrected chi connectivity index (χ2v) is 6.56. The van der Waals surface area contributed by atoms with Gasteiger partial charge in [0.05, 0.1) is 10.0 Å². The summed E-state index contributed by atoms with van der Waals surface area (Å²) in [7, 11) is 0. The van der Waals surface area contributed by atoms with Crippen LogP contribution in [0.3, 0.4) is 0 Å². The molecule has 8 heteroatoms. The van der Waals surface area contributed by atoms with Gasteiger partial charge in [0.1, 0.15) is 6.10 Å². The quantitative estimate of drug-likeness (QED) is 0.880. The first kappa shape index (κ1) is 17.8. The van der Waals surface area contributed by atoms with Gasteiger partial charge in [0.25, 0.3) is 0 Å². The Bertz CT molecular complexity index is 722. The number of hydrogen-bond acceptors (Lipinski definition) is 4. The van der Waals surface area contributed by atoms with E-state index in [1.54, 1.807) is 35.5 Å². The molecule has 1 aromatic carbocycles. The van der Waals surface area contributed by atoms with Gasteiger partial charge in [-0.25, -0.2) is 14.8 Å². The molecular weight excluding hydrogens is 363 g/mol. The normalized spacial score (nSPS) is 15.0. The Morgan fingerprint density at radius 1 is 1.20 bits per heavy atom. The lowest BCUT2D eigenvalue weighted by atomic mass is 10.1. The van der Waals surface area contributed by atoms with Crippen molar-refractivity contribution in [2.45, 2.75) is 25.5 Å². The maximum absolute atomic E-state index is 12.3. The Labute approximate surface area is 156 Å². The molecule has 0 unspecified atom stereocenters. The summed E-state index contributed by atoms with van der Waals surface area (Å²) in [5.74, 6) is 0. The fraction of sp³-hybridized carbons (Fsp3) is 0.353. The molecule has 1 fully saturated rings. The number of carbonyl (C=O) groups excluding carboxylic acids is 1. The van der Waals surface area contributed by atoms with E-state index >= 15 is 0 Å². The maximum atomic E-state index is 12.3. The van der Waals surface area contributed by atoms with E-state index in [-0.39, 0.29) is 12.1 Å². The van der Waals surface area contributed by atoms with Gasteiger partial charge < -0.3 is 15.0 Å². The Hall–Kier alpha value is -2.05. The Balaban J connectivity index is 1.44. The lowest BCUT2D eigenvalue weighted by Crippen LogP contribution is -2.46. The fourth-order valence-corrected chi connectivity index (χ4v) is 2.93. The Kier molecular flexibility index (Phi) is 5.94. The summed E-state index contributed by atoms with van der Waals surface area (Å²) >= 11 is 11.9. The van der Waals surface area contributed by atoms with Crippen LogP contribution < -0.4 is 10.1 Å². The van der Waals surface area contributed by atoms with Gasteiger partial charge in [0.2, 0.25) is 0 Å². The van der Waals surface area contributed by atoms with Crippen LogP contribution in [-0.4, -0.2) is 40.1 Å². The zero-order valence-electron chi connectivity index (χ0n) is 13.5. The standard InChI is InChI=1S/C17H18Cl2N4O2/c18-14-3-2-12(10-15(14)19)11-22-17(24)23-8-4-13(5-9-23)25-16-20-6-1-7-21-16/h1-3,6-7,10,13H,4-5,8-9,11H2,(H,22,24). The minimum Gasteiger partial charge on any atom is -0.460 e. The molecule has 0 bridgehead atoms. The van der Waals surface area contributed by atoms with Crippen LogP contribution in [0.25, 0.3) is 0 Å². The summed E-state index contributed by atoms with van der Waals surface area (Å²) in [5, 5.41) is 3.88. The van der Waals surface area contributed by atoms with E-state index in [0.717, 1.165) is 18.4 Å². The topological polar surface area (TPSA) is 67.4 Å². The lowest BCUT2D eigenvalue weighted by molar-refractivity contribution is 0.103. The van der Waals surface area contributed by atoms with Crippen molar-refractivity contribution in [3.05, 3.63) is 52.3 Å². The average molecular weight is 381 g/mol. The summed E-state index contributed by atoms with van der Waals surface area (Å²) in [6.07, 6.45) is 4.82. The third-order valence-electron chi connectivity index (χ3n) is 3.97. The summed E-state index contributed by atoms with van der Waals surface area (Å²) in [6, 6.07) is 7.34. The van der Waals surface area contributed by atoms with Gasteiger partial charge >= 0.3 is 12.0 Å². The van der Waals surface area contributed by atoms with Crippen molar-refractivity contribution in [3.8, 4) is 6.01 Å². The molecule has 0 atom stereocenters. The average Bonchev–Trinajstić information content (AvgIpc) is 2.64. The highest BCUT2D eigenvalue weighted by Gasteiger charge is 2.24. The number of piperidine rings is 1. The predicted octanol–water partition coefficient (Wildman–Crippen LogP) is 3.54. The van der Waals surface area contributed by atoms with Crippen LogP contribution in [0.15, 0.2) is 36.7 Å². The van der Waals surface area contributed by atoms with E-state index in [2.05, 4.69) is 15.3 Å². The maximum Gasteiger partial charge on any atom is 0.317 e. The minimum absolute atomic E-state index is 0.0292. The second kappa shape index (κ2) is 8.36. The lowest BCUT2D eigenvalue weighted by Gasteiger charge is -2.31. The summed E-state index contributed by atoms with van der Waals surface area (Å²) < 4.78 is 5.73. The number of benzene rings is 1. The molecule has 6 nitrogen and oxygen atoms in total. The van der Waals surface area contributed by atoms with Crippen molar-refractivity contribution in [2.24, 2.45) is 0 Å². The Morgan fingerprint density at radius 3 is 2.60 bits per heavy atom. The predicted molar refractivity (Wildman–Crippen MR) is 96.0 cm³/mol. The van der Waals surface area contributed by atoms with Crippen molar-refractivity contribution < 1.29 is 9.53 Å². The minimum atomic E-state index is -0.0968. The van der Waals surface area contributed by atoms with Crippen LogP contribution in [0.5, 0.6) is 6.01 Å². The highest BCUT2D eigenvalue weighted by Crippen LogP contribution is 2.22. The molecule has 2 amide bonds. The van der Waals surface area contributed by atoms with Gasteiger partial charge in [-0.3, -0.25) is 0 Å². The van der Waals surface area contributed by atoms with E-state index in [0.29, 0.717) is 35.7 Å². The molecule has 0 saturated carbocycles. The van der Waals surface area contributed by atoms with E-state index in [4.69, 9.17) is 27.9 Å². The number of nitrogens with one attached hydrogen (secondary N) is 1. The van der Waals surface area contributed by atoms with Gasteiger partial charge in [-0.15, -0.1) is 0 Å². The molecule has 0 radical (unpaired) electrons. The number of likely N-dealkylation sites (tertiary alicyclic amines) is 1. The summed E-state index contributed by atoms with van der Waals surface area (Å²) in [6.45, 7) is 1.67. The monoisotopic (exact) mass is 380 g/mol. The van der Waals surface area contributed by atoms with Crippen molar-refractivity contribution in [2.75, 3.05) is 13.1 Å². The van der Waals surface area contributed by atoms with Gasteiger partial charge in [0, 0.05) is 44.9 Å². The first-order valence-corrected chi connectivity index (χ1v) is 8.78. The molecule has 1 saturated heterocycles. The molecule has 0 aliphatic carbocycles. The number of urea groups is 1. The summed E-state index contributed by atoms with van der Waals surface area (Å²) in [4.78, 5) is 22.2. The molecule has 2 aromatic rings. The molecule has 2 heterocycles. The first-order valence-electron chi connectivity index (χ1n) is 8.02. The number of amides is 2. The molecule has 132 valence electrons. The van der Waals surface area contributed by atoms with Crippen LogP contribution in [0.1, 0.15) is 18.4 Å². The third kappa shape index (κ3) is 4.96. The highest BCUT2D eigenvalue weighted by molar-refractivity contribution is 6.42. The van der Waals surface area contributed by atoms with Crippen molar-refractivity contribution in [1.82, 2.24) is 20.2 Å². The van der Waals surface area contributed by atoms with Crippen LogP contribution in [0.4, 0.5) is 4.79 Å². The first-order chi connectivity index (χ1) is 12.1. The number of aromatic nitrogens is 2. The van der Waals surface area contributed by atoms with E-state index in [9.17, 15) is 4.79 Å². The van der Waals surface area contributed by atoms with E-state index in [1.807, 2.05) is 6.07 Å². The Morgan fingerprint density at radius 2 is 1.92 bits per heavy atom. The largest absolute Gasteiger partial charge is 0.460 e. The van der Waals surface area contributed by atoms with E-state index in [1.165, 1.54) is 0 Å². The number of rotatable bonds is 4. The van der Waals surface area contributed by atoms with Gasteiger partial charge in [0.15, 0.2) is 0 Å². The molecule has 1 N–H and O–H groups in total. The number of hydrogen-bond donors (Lipinski definition) is 1. The number of ether oxygens (including phenoxy) is 1. The van der Waals surface area contributed by atoms with Crippen molar-refractivity contribution in [3.63, 3.8) is 0 Å². The van der Waals surface area contributed by atoms with E-state index < -0.39 is 0 Å². The highest BCUT2D eigenvalue weighted by atomic mass is 35.5. The second-order valence-electron chi connectivity index (χ2n) is 5.74. The van der Waals surface area contributed by atoms with Crippen LogP contribution >= 0.6 is 23.2 Å².